The summed E-state index contributed by atoms with van der Waals surface area (Å²) in [6.45, 7) is 5.31. The zero-order chi connectivity index (χ0) is 19.3. The van der Waals surface area contributed by atoms with E-state index in [0.29, 0.717) is 5.76 Å². The van der Waals surface area contributed by atoms with Crippen LogP contribution in [0.25, 0.3) is 0 Å². The van der Waals surface area contributed by atoms with E-state index in [9.17, 15) is 4.79 Å². The Balaban J connectivity index is 1.72. The van der Waals surface area contributed by atoms with Crippen molar-refractivity contribution in [3.8, 4) is 0 Å². The van der Waals surface area contributed by atoms with Crippen molar-refractivity contribution in [2.75, 3.05) is 31.6 Å². The third kappa shape index (κ3) is 4.04. The molecular formula is C22H24N2O3S. The van der Waals surface area contributed by atoms with Crippen LogP contribution in [-0.4, -0.2) is 37.1 Å². The van der Waals surface area contributed by atoms with E-state index in [2.05, 4.69) is 47.5 Å². The Labute approximate surface area is 168 Å². The summed E-state index contributed by atoms with van der Waals surface area (Å²) < 4.78 is 10.8. The molecule has 1 aliphatic rings. The fourth-order valence-corrected chi connectivity index (χ4v) is 4.59. The van der Waals surface area contributed by atoms with Gasteiger partial charge in [0.15, 0.2) is 5.76 Å². The van der Waals surface area contributed by atoms with Crippen LogP contribution in [0.1, 0.15) is 39.5 Å². The molecule has 1 aromatic carbocycles. The maximum atomic E-state index is 12.6. The molecule has 3 heterocycles. The molecule has 6 heteroatoms. The first-order valence-electron chi connectivity index (χ1n) is 9.60. The zero-order valence-corrected chi connectivity index (χ0v) is 16.7. The van der Waals surface area contributed by atoms with E-state index in [1.54, 1.807) is 23.5 Å². The molecule has 0 saturated carbocycles. The number of hydrogen-bond acceptors (Lipinski definition) is 5. The van der Waals surface area contributed by atoms with Crippen molar-refractivity contribution in [2.45, 2.75) is 19.4 Å². The van der Waals surface area contributed by atoms with Gasteiger partial charge in [0, 0.05) is 23.5 Å². The maximum Gasteiger partial charge on any atom is 0.291 e. The third-order valence-electron chi connectivity index (χ3n) is 4.95. The highest BCUT2D eigenvalue weighted by atomic mass is 32.1. The summed E-state index contributed by atoms with van der Waals surface area (Å²) in [5, 5.41) is 3.97. The first-order valence-corrected chi connectivity index (χ1v) is 10.4. The Morgan fingerprint density at radius 2 is 1.96 bits per heavy atom. The van der Waals surface area contributed by atoms with E-state index in [4.69, 9.17) is 9.15 Å². The van der Waals surface area contributed by atoms with Gasteiger partial charge in [-0.3, -0.25) is 9.69 Å². The second-order valence-corrected chi connectivity index (χ2v) is 7.88. The van der Waals surface area contributed by atoms with Gasteiger partial charge >= 0.3 is 0 Å². The fourth-order valence-electron chi connectivity index (χ4n) is 3.56. The van der Waals surface area contributed by atoms with Crippen molar-refractivity contribution in [1.29, 1.82) is 0 Å². The van der Waals surface area contributed by atoms with Gasteiger partial charge in [0.1, 0.15) is 5.00 Å². The average molecular weight is 397 g/mol. The van der Waals surface area contributed by atoms with Crippen LogP contribution in [0.2, 0.25) is 0 Å². The van der Waals surface area contributed by atoms with Crippen LogP contribution >= 0.6 is 11.3 Å². The number of benzene rings is 1. The number of nitrogens with one attached hydrogen (secondary N) is 1. The van der Waals surface area contributed by atoms with Gasteiger partial charge in [-0.05, 0) is 30.2 Å². The zero-order valence-electron chi connectivity index (χ0n) is 15.9. The summed E-state index contributed by atoms with van der Waals surface area (Å²) >= 11 is 1.64. The van der Waals surface area contributed by atoms with Crippen molar-refractivity contribution < 1.29 is 13.9 Å². The van der Waals surface area contributed by atoms with Gasteiger partial charge in [-0.2, -0.15) is 0 Å². The smallest absolute Gasteiger partial charge is 0.291 e. The molecule has 1 aliphatic heterocycles. The molecule has 1 amide bonds. The Hall–Kier alpha value is -2.41. The number of hydrogen-bond donors (Lipinski definition) is 1. The lowest BCUT2D eigenvalue weighted by Gasteiger charge is -2.35. The van der Waals surface area contributed by atoms with Gasteiger partial charge in [-0.25, -0.2) is 0 Å². The van der Waals surface area contributed by atoms with E-state index in [1.807, 2.05) is 6.07 Å². The summed E-state index contributed by atoms with van der Waals surface area (Å²) in [5.41, 5.74) is 2.35. The van der Waals surface area contributed by atoms with Gasteiger partial charge in [0.2, 0.25) is 0 Å². The van der Waals surface area contributed by atoms with Crippen LogP contribution in [0.4, 0.5) is 5.00 Å². The number of carbonyl (C=O) groups excluding carboxylic acids is 1. The number of ether oxygens (including phenoxy) is 1. The molecule has 0 bridgehead atoms. The molecule has 0 spiro atoms. The Bertz CT molecular complexity index is 899. The summed E-state index contributed by atoms with van der Waals surface area (Å²) in [4.78, 5) is 16.3. The molecule has 0 aliphatic carbocycles. The minimum Gasteiger partial charge on any atom is -0.459 e. The fraction of sp³-hybridized carbons (Fsp3) is 0.318. The molecule has 1 saturated heterocycles. The summed E-state index contributed by atoms with van der Waals surface area (Å²) in [6, 6.07) is 16.2. The number of furan rings is 1. The lowest BCUT2D eigenvalue weighted by atomic mass is 9.97. The highest BCUT2D eigenvalue weighted by Crippen LogP contribution is 2.39. The second-order valence-electron chi connectivity index (χ2n) is 6.74. The molecule has 0 radical (unpaired) electrons. The van der Waals surface area contributed by atoms with Gasteiger partial charge < -0.3 is 14.5 Å². The normalized spacial score (nSPS) is 16.0. The number of aryl methyl sites for hydroxylation is 1. The van der Waals surface area contributed by atoms with E-state index in [0.717, 1.165) is 43.3 Å². The Morgan fingerprint density at radius 3 is 2.64 bits per heavy atom. The van der Waals surface area contributed by atoms with Crippen molar-refractivity contribution >= 4 is 22.2 Å². The molecule has 4 rings (SSSR count). The molecule has 1 fully saturated rings. The first-order chi connectivity index (χ1) is 13.8. The average Bonchev–Trinajstić information content (AvgIpc) is 3.41. The minimum absolute atomic E-state index is 0.0774. The highest BCUT2D eigenvalue weighted by molar-refractivity contribution is 7.16. The van der Waals surface area contributed by atoms with E-state index in [-0.39, 0.29) is 11.9 Å². The maximum absolute atomic E-state index is 12.6. The molecular weight excluding hydrogens is 372 g/mol. The molecule has 3 aromatic rings. The van der Waals surface area contributed by atoms with Crippen LogP contribution < -0.4 is 5.32 Å². The van der Waals surface area contributed by atoms with E-state index in [1.165, 1.54) is 16.7 Å². The van der Waals surface area contributed by atoms with Crippen molar-refractivity contribution in [3.05, 3.63) is 76.6 Å². The summed E-state index contributed by atoms with van der Waals surface area (Å²) in [7, 11) is 0. The van der Waals surface area contributed by atoms with E-state index < -0.39 is 0 Å². The number of amides is 1. The number of thiophene rings is 1. The molecule has 5 nitrogen and oxygen atoms in total. The molecule has 1 atom stereocenters. The molecule has 28 heavy (non-hydrogen) atoms. The first kappa shape index (κ1) is 18.9. The molecule has 1 N–H and O–H groups in total. The number of anilines is 1. The molecule has 0 unspecified atom stereocenters. The number of carbonyl (C=O) groups is 1. The van der Waals surface area contributed by atoms with Crippen LogP contribution in [0.15, 0.2) is 59.2 Å². The molecule has 146 valence electrons. The Morgan fingerprint density at radius 1 is 1.18 bits per heavy atom. The summed E-state index contributed by atoms with van der Waals surface area (Å²) in [6.07, 6.45) is 2.45. The van der Waals surface area contributed by atoms with Crippen molar-refractivity contribution in [3.63, 3.8) is 0 Å². The van der Waals surface area contributed by atoms with Crippen LogP contribution in [-0.2, 0) is 11.2 Å². The standard InChI is InChI=1S/C22H24N2O3S/c1-2-17-15-18(22(28-17)23-21(25)19-9-6-12-27-19)20(16-7-4-3-5-8-16)24-10-13-26-14-11-24/h3-9,12,15,20H,2,10-11,13-14H2,1H3,(H,23,25)/t20-/m1/s1. The number of rotatable bonds is 6. The van der Waals surface area contributed by atoms with E-state index >= 15 is 0 Å². The van der Waals surface area contributed by atoms with Crippen LogP contribution in [0, 0.1) is 0 Å². The van der Waals surface area contributed by atoms with Crippen LogP contribution in [0.5, 0.6) is 0 Å². The largest absolute Gasteiger partial charge is 0.459 e. The SMILES string of the molecule is CCc1cc([C@@H](c2ccccc2)N2CCOCC2)c(NC(=O)c2ccco2)s1. The predicted molar refractivity (Wildman–Crippen MR) is 111 cm³/mol. The van der Waals surface area contributed by atoms with Gasteiger partial charge in [0.25, 0.3) is 5.91 Å². The van der Waals surface area contributed by atoms with Gasteiger partial charge in [0.05, 0.1) is 25.5 Å². The molecule has 2 aromatic heterocycles. The van der Waals surface area contributed by atoms with Gasteiger partial charge in [-0.15, -0.1) is 11.3 Å². The highest BCUT2D eigenvalue weighted by Gasteiger charge is 2.28. The quantitative estimate of drug-likeness (QED) is 0.663. The lowest BCUT2D eigenvalue weighted by molar-refractivity contribution is 0.0241. The van der Waals surface area contributed by atoms with Crippen LogP contribution in [0.3, 0.4) is 0 Å². The number of morpholine rings is 1. The minimum atomic E-state index is -0.218. The van der Waals surface area contributed by atoms with Gasteiger partial charge in [-0.1, -0.05) is 37.3 Å². The van der Waals surface area contributed by atoms with Crippen molar-refractivity contribution in [2.24, 2.45) is 0 Å². The monoisotopic (exact) mass is 396 g/mol. The number of nitrogens with zero attached hydrogens (tertiary/aromatic N) is 1. The lowest BCUT2D eigenvalue weighted by Crippen LogP contribution is -2.39. The third-order valence-corrected chi connectivity index (χ3v) is 6.16. The topological polar surface area (TPSA) is 54.7 Å². The second kappa shape index (κ2) is 8.73. The predicted octanol–water partition coefficient (Wildman–Crippen LogP) is 4.58. The summed E-state index contributed by atoms with van der Waals surface area (Å²) in [5.74, 6) is 0.101. The Kier molecular flexibility index (Phi) is 5.90. The van der Waals surface area contributed by atoms with Crippen molar-refractivity contribution in [1.82, 2.24) is 4.90 Å².